The summed E-state index contributed by atoms with van der Waals surface area (Å²) in [4.78, 5) is 20.2. The highest BCUT2D eigenvalue weighted by Gasteiger charge is 2.01. The van der Waals surface area contributed by atoms with Gasteiger partial charge < -0.3 is 9.84 Å². The van der Waals surface area contributed by atoms with Crippen molar-refractivity contribution in [2.24, 2.45) is 5.92 Å². The average Bonchev–Trinajstić information content (AvgIpc) is 2.33. The Balaban J connectivity index is 0. The molecule has 0 amide bonds. The van der Waals surface area contributed by atoms with Gasteiger partial charge in [0, 0.05) is 11.6 Å². The van der Waals surface area contributed by atoms with Crippen LogP contribution < -0.4 is 0 Å². The third-order valence-corrected chi connectivity index (χ3v) is 2.18. The molecule has 0 aromatic carbocycles. The maximum Gasteiger partial charge on any atom is 0.333 e. The standard InChI is InChI=1S/C12H22O2.C3H4O2/c1-10(2)8-6-5-7-9-14-12(13)11(3)4;1-2-3(4)5/h10H,3,5-9H2,1-2,4H3;2H,1H2,(H,4,5). The van der Waals surface area contributed by atoms with Crippen molar-refractivity contribution in [2.45, 2.75) is 46.5 Å². The molecule has 4 nitrogen and oxygen atoms in total. The second-order valence-electron chi connectivity index (χ2n) is 4.70. The van der Waals surface area contributed by atoms with Crippen LogP contribution in [0.3, 0.4) is 0 Å². The molecule has 0 radical (unpaired) electrons. The van der Waals surface area contributed by atoms with Crippen LogP contribution in [0.2, 0.25) is 0 Å². The topological polar surface area (TPSA) is 63.6 Å². The number of hydrogen-bond donors (Lipinski definition) is 1. The molecular formula is C15H26O4. The third kappa shape index (κ3) is 19.0. The van der Waals surface area contributed by atoms with E-state index < -0.39 is 5.97 Å². The number of carboxylic acid groups (broad SMARTS) is 1. The quantitative estimate of drug-likeness (QED) is 0.416. The summed E-state index contributed by atoms with van der Waals surface area (Å²) in [6, 6.07) is 0. The number of aliphatic carboxylic acids is 1. The minimum atomic E-state index is -0.981. The molecule has 0 fully saturated rings. The lowest BCUT2D eigenvalue weighted by Crippen LogP contribution is -2.06. The van der Waals surface area contributed by atoms with Crippen LogP contribution in [0, 0.1) is 5.92 Å². The van der Waals surface area contributed by atoms with Crippen LogP contribution >= 0.6 is 0 Å². The number of carboxylic acids is 1. The number of hydrogen-bond acceptors (Lipinski definition) is 3. The van der Waals surface area contributed by atoms with Gasteiger partial charge in [0.05, 0.1) is 6.61 Å². The Morgan fingerprint density at radius 1 is 1.26 bits per heavy atom. The smallest absolute Gasteiger partial charge is 0.333 e. The van der Waals surface area contributed by atoms with Gasteiger partial charge in [-0.2, -0.15) is 0 Å². The van der Waals surface area contributed by atoms with Gasteiger partial charge in [-0.1, -0.05) is 46.3 Å². The lowest BCUT2D eigenvalue weighted by Gasteiger charge is -2.05. The molecule has 0 unspecified atom stereocenters. The van der Waals surface area contributed by atoms with Crippen LogP contribution in [0.1, 0.15) is 46.5 Å². The van der Waals surface area contributed by atoms with Gasteiger partial charge in [-0.25, -0.2) is 9.59 Å². The molecular weight excluding hydrogens is 244 g/mol. The zero-order chi connectivity index (χ0) is 15.3. The van der Waals surface area contributed by atoms with E-state index >= 15 is 0 Å². The zero-order valence-corrected chi connectivity index (χ0v) is 12.3. The molecule has 110 valence electrons. The Morgan fingerprint density at radius 2 is 1.79 bits per heavy atom. The van der Waals surface area contributed by atoms with Crippen molar-refractivity contribution in [3.8, 4) is 0 Å². The number of unbranched alkanes of at least 4 members (excludes halogenated alkanes) is 2. The van der Waals surface area contributed by atoms with Gasteiger partial charge >= 0.3 is 11.9 Å². The molecule has 0 aromatic heterocycles. The van der Waals surface area contributed by atoms with Crippen molar-refractivity contribution in [3.63, 3.8) is 0 Å². The van der Waals surface area contributed by atoms with E-state index in [0.29, 0.717) is 12.2 Å². The fourth-order valence-electron chi connectivity index (χ4n) is 1.12. The Bertz CT molecular complexity index is 293. The maximum absolute atomic E-state index is 11.0. The van der Waals surface area contributed by atoms with Gasteiger partial charge in [0.1, 0.15) is 0 Å². The highest BCUT2D eigenvalue weighted by atomic mass is 16.5. The van der Waals surface area contributed by atoms with Crippen LogP contribution in [-0.4, -0.2) is 23.7 Å². The molecule has 0 aliphatic rings. The number of ether oxygens (including phenoxy) is 1. The summed E-state index contributed by atoms with van der Waals surface area (Å²) in [6.07, 6.45) is 5.42. The molecule has 0 aliphatic carbocycles. The van der Waals surface area contributed by atoms with E-state index in [4.69, 9.17) is 9.84 Å². The SMILES string of the molecule is C=C(C)C(=O)OCCCCCC(C)C.C=CC(=O)O. The van der Waals surface area contributed by atoms with Crippen molar-refractivity contribution in [1.82, 2.24) is 0 Å². The van der Waals surface area contributed by atoms with E-state index in [1.165, 1.54) is 12.8 Å². The van der Waals surface area contributed by atoms with Crippen molar-refractivity contribution >= 4 is 11.9 Å². The van der Waals surface area contributed by atoms with Gasteiger partial charge in [-0.05, 0) is 19.3 Å². The molecule has 0 atom stereocenters. The first-order chi connectivity index (χ1) is 8.81. The molecule has 4 heteroatoms. The fraction of sp³-hybridized carbons (Fsp3) is 0.600. The van der Waals surface area contributed by atoms with Crippen LogP contribution in [0.5, 0.6) is 0 Å². The first-order valence-electron chi connectivity index (χ1n) is 6.49. The van der Waals surface area contributed by atoms with E-state index in [1.807, 2.05) is 0 Å². The maximum atomic E-state index is 11.0. The second-order valence-corrected chi connectivity index (χ2v) is 4.70. The highest BCUT2D eigenvalue weighted by Crippen LogP contribution is 2.08. The molecule has 0 saturated carbocycles. The molecule has 0 saturated heterocycles. The highest BCUT2D eigenvalue weighted by molar-refractivity contribution is 5.86. The predicted molar refractivity (Wildman–Crippen MR) is 76.9 cm³/mol. The summed E-state index contributed by atoms with van der Waals surface area (Å²) >= 11 is 0. The molecule has 0 aromatic rings. The van der Waals surface area contributed by atoms with E-state index in [0.717, 1.165) is 24.8 Å². The summed E-state index contributed by atoms with van der Waals surface area (Å²) in [7, 11) is 0. The van der Waals surface area contributed by atoms with E-state index in [1.54, 1.807) is 6.92 Å². The predicted octanol–water partition coefficient (Wildman–Crippen LogP) is 3.58. The monoisotopic (exact) mass is 270 g/mol. The van der Waals surface area contributed by atoms with Gasteiger partial charge in [-0.15, -0.1) is 0 Å². The average molecular weight is 270 g/mol. The number of carbonyl (C=O) groups excluding carboxylic acids is 1. The Morgan fingerprint density at radius 3 is 2.16 bits per heavy atom. The van der Waals surface area contributed by atoms with Crippen molar-refractivity contribution in [1.29, 1.82) is 0 Å². The lowest BCUT2D eigenvalue weighted by molar-refractivity contribution is -0.139. The molecule has 0 aliphatic heterocycles. The van der Waals surface area contributed by atoms with Gasteiger partial charge in [-0.3, -0.25) is 0 Å². The van der Waals surface area contributed by atoms with Crippen molar-refractivity contribution < 1.29 is 19.4 Å². The van der Waals surface area contributed by atoms with Crippen LogP contribution in [0.15, 0.2) is 24.8 Å². The lowest BCUT2D eigenvalue weighted by atomic mass is 10.1. The fourth-order valence-corrected chi connectivity index (χ4v) is 1.12. The molecule has 0 heterocycles. The Kier molecular flexibility index (Phi) is 13.4. The molecule has 0 bridgehead atoms. The van der Waals surface area contributed by atoms with E-state index in [-0.39, 0.29) is 5.97 Å². The van der Waals surface area contributed by atoms with Crippen LogP contribution in [0.4, 0.5) is 0 Å². The van der Waals surface area contributed by atoms with Crippen molar-refractivity contribution in [2.75, 3.05) is 6.61 Å². The largest absolute Gasteiger partial charge is 0.478 e. The first kappa shape index (κ1) is 19.8. The molecule has 0 spiro atoms. The van der Waals surface area contributed by atoms with Crippen molar-refractivity contribution in [3.05, 3.63) is 24.8 Å². The minimum absolute atomic E-state index is 0.270. The normalized spacial score (nSPS) is 9.26. The third-order valence-electron chi connectivity index (χ3n) is 2.18. The summed E-state index contributed by atoms with van der Waals surface area (Å²) in [5.74, 6) is -0.480. The van der Waals surface area contributed by atoms with Crippen LogP contribution in [0.25, 0.3) is 0 Å². The van der Waals surface area contributed by atoms with Crippen LogP contribution in [-0.2, 0) is 14.3 Å². The van der Waals surface area contributed by atoms with Gasteiger partial charge in [0.25, 0.3) is 0 Å². The van der Waals surface area contributed by atoms with E-state index in [9.17, 15) is 9.59 Å². The van der Waals surface area contributed by atoms with E-state index in [2.05, 4.69) is 27.0 Å². The van der Waals surface area contributed by atoms with Gasteiger partial charge in [0.15, 0.2) is 0 Å². The Labute approximate surface area is 116 Å². The molecule has 19 heavy (non-hydrogen) atoms. The summed E-state index contributed by atoms with van der Waals surface area (Å²) in [5, 5.41) is 7.60. The second kappa shape index (κ2) is 12.9. The summed E-state index contributed by atoms with van der Waals surface area (Å²) in [6.45, 7) is 13.1. The molecule has 1 N–H and O–H groups in total. The molecule has 0 rings (SSSR count). The Hall–Kier alpha value is -1.58. The number of carbonyl (C=O) groups is 2. The summed E-state index contributed by atoms with van der Waals surface area (Å²) in [5.41, 5.74) is 0.479. The van der Waals surface area contributed by atoms with Gasteiger partial charge in [0.2, 0.25) is 0 Å². The summed E-state index contributed by atoms with van der Waals surface area (Å²) < 4.78 is 4.97. The number of esters is 1. The number of rotatable bonds is 8. The first-order valence-corrected chi connectivity index (χ1v) is 6.49. The minimum Gasteiger partial charge on any atom is -0.478 e. The zero-order valence-electron chi connectivity index (χ0n) is 12.3.